The van der Waals surface area contributed by atoms with Crippen LogP contribution in [0.1, 0.15) is 42.4 Å². The second-order valence-corrected chi connectivity index (χ2v) is 4.32. The molecule has 0 aliphatic heterocycles. The van der Waals surface area contributed by atoms with E-state index in [0.29, 0.717) is 10.7 Å². The zero-order chi connectivity index (χ0) is 11.7. The number of hydrogen-bond acceptors (Lipinski definition) is 2. The van der Waals surface area contributed by atoms with Crippen molar-refractivity contribution in [1.82, 2.24) is 9.38 Å². The van der Waals surface area contributed by atoms with E-state index in [1.54, 1.807) is 16.7 Å². The summed E-state index contributed by atoms with van der Waals surface area (Å²) in [6.45, 7) is 4.15. The first kappa shape index (κ1) is 11.1. The number of aldehydes is 1. The van der Waals surface area contributed by atoms with Gasteiger partial charge in [0.1, 0.15) is 11.3 Å². The lowest BCUT2D eigenvalue weighted by molar-refractivity contribution is 0.111. The van der Waals surface area contributed by atoms with E-state index >= 15 is 0 Å². The molecule has 4 heteroatoms. The fourth-order valence-electron chi connectivity index (χ4n) is 1.73. The van der Waals surface area contributed by atoms with Crippen molar-refractivity contribution in [1.29, 1.82) is 0 Å². The van der Waals surface area contributed by atoms with Gasteiger partial charge in [0.2, 0.25) is 0 Å². The minimum Gasteiger partial charge on any atom is -0.296 e. The van der Waals surface area contributed by atoms with E-state index in [2.05, 4.69) is 18.8 Å². The van der Waals surface area contributed by atoms with E-state index in [9.17, 15) is 4.79 Å². The van der Waals surface area contributed by atoms with Crippen LogP contribution in [0.4, 0.5) is 0 Å². The predicted octanol–water partition coefficient (Wildman–Crippen LogP) is 3.31. The first-order valence-electron chi connectivity index (χ1n) is 5.30. The molecule has 3 nitrogen and oxygen atoms in total. The average Bonchev–Trinajstić information content (AvgIpc) is 2.65. The Balaban J connectivity index is 2.71. The Morgan fingerprint density at radius 3 is 2.94 bits per heavy atom. The van der Waals surface area contributed by atoms with Gasteiger partial charge in [0.15, 0.2) is 6.29 Å². The van der Waals surface area contributed by atoms with Crippen LogP contribution >= 0.6 is 11.6 Å². The molecule has 0 aliphatic carbocycles. The van der Waals surface area contributed by atoms with Crippen molar-refractivity contribution in [2.24, 2.45) is 0 Å². The second-order valence-electron chi connectivity index (χ2n) is 3.88. The number of halogens is 1. The Labute approximate surface area is 99.1 Å². The summed E-state index contributed by atoms with van der Waals surface area (Å²) in [6, 6.07) is 3.60. The van der Waals surface area contributed by atoms with Crippen molar-refractivity contribution in [2.45, 2.75) is 26.2 Å². The zero-order valence-electron chi connectivity index (χ0n) is 9.27. The van der Waals surface area contributed by atoms with Gasteiger partial charge in [-0.25, -0.2) is 4.98 Å². The van der Waals surface area contributed by atoms with Gasteiger partial charge in [0.25, 0.3) is 0 Å². The van der Waals surface area contributed by atoms with Crippen molar-refractivity contribution in [3.05, 3.63) is 34.7 Å². The number of hydrogen-bond donors (Lipinski definition) is 0. The van der Waals surface area contributed by atoms with E-state index in [-0.39, 0.29) is 5.92 Å². The molecule has 0 N–H and O–H groups in total. The number of fused-ring (bicyclic) bond motifs is 1. The lowest BCUT2D eigenvalue weighted by Crippen LogP contribution is -1.98. The number of aromatic nitrogens is 2. The third-order valence-electron chi connectivity index (χ3n) is 2.84. The van der Waals surface area contributed by atoms with Crippen LogP contribution in [0.15, 0.2) is 18.3 Å². The molecule has 0 aliphatic rings. The Kier molecular flexibility index (Phi) is 2.97. The number of rotatable bonds is 3. The Morgan fingerprint density at radius 2 is 2.31 bits per heavy atom. The number of nitrogens with zero attached hydrogens (tertiary/aromatic N) is 2. The fraction of sp³-hybridized carbons (Fsp3) is 0.333. The third-order valence-corrected chi connectivity index (χ3v) is 3.06. The molecule has 0 saturated heterocycles. The van der Waals surface area contributed by atoms with Crippen LogP contribution in [0.2, 0.25) is 5.02 Å². The van der Waals surface area contributed by atoms with Gasteiger partial charge in [-0.2, -0.15) is 0 Å². The number of pyridine rings is 1. The Bertz CT molecular complexity index is 533. The largest absolute Gasteiger partial charge is 0.296 e. The summed E-state index contributed by atoms with van der Waals surface area (Å²) < 4.78 is 1.75. The number of carbonyl (C=O) groups excluding carboxylic acids is 1. The molecule has 2 heterocycles. The summed E-state index contributed by atoms with van der Waals surface area (Å²) in [6.07, 6.45) is 3.52. The molecule has 0 spiro atoms. The van der Waals surface area contributed by atoms with Crippen molar-refractivity contribution < 1.29 is 4.79 Å². The van der Waals surface area contributed by atoms with Gasteiger partial charge >= 0.3 is 0 Å². The van der Waals surface area contributed by atoms with Gasteiger partial charge in [0.05, 0.1) is 10.7 Å². The van der Waals surface area contributed by atoms with E-state index in [0.717, 1.165) is 24.0 Å². The van der Waals surface area contributed by atoms with Crippen LogP contribution in [0.25, 0.3) is 5.65 Å². The molecular weight excluding hydrogens is 224 g/mol. The highest BCUT2D eigenvalue weighted by Crippen LogP contribution is 2.23. The first-order valence-corrected chi connectivity index (χ1v) is 5.67. The Hall–Kier alpha value is -1.35. The molecule has 0 saturated carbocycles. The van der Waals surface area contributed by atoms with Gasteiger partial charge < -0.3 is 0 Å². The Morgan fingerprint density at radius 1 is 1.56 bits per heavy atom. The lowest BCUT2D eigenvalue weighted by atomic mass is 10.0. The second kappa shape index (κ2) is 4.26. The molecule has 2 rings (SSSR count). The smallest absolute Gasteiger partial charge is 0.168 e. The molecule has 2 aromatic rings. The third kappa shape index (κ3) is 1.71. The van der Waals surface area contributed by atoms with Gasteiger partial charge in [-0.1, -0.05) is 25.4 Å². The van der Waals surface area contributed by atoms with Crippen LogP contribution in [-0.4, -0.2) is 15.7 Å². The summed E-state index contributed by atoms with van der Waals surface area (Å²) in [4.78, 5) is 15.6. The number of imidazole rings is 1. The maximum Gasteiger partial charge on any atom is 0.168 e. The molecule has 1 atom stereocenters. The zero-order valence-corrected chi connectivity index (χ0v) is 10.0. The molecule has 2 aromatic heterocycles. The monoisotopic (exact) mass is 236 g/mol. The van der Waals surface area contributed by atoms with Crippen molar-refractivity contribution in [2.75, 3.05) is 0 Å². The topological polar surface area (TPSA) is 34.4 Å². The average molecular weight is 237 g/mol. The highest BCUT2D eigenvalue weighted by atomic mass is 35.5. The minimum absolute atomic E-state index is 0.277. The molecule has 0 amide bonds. The van der Waals surface area contributed by atoms with E-state index in [1.807, 2.05) is 6.07 Å². The summed E-state index contributed by atoms with van der Waals surface area (Å²) in [5.74, 6) is 0.277. The maximum absolute atomic E-state index is 11.1. The maximum atomic E-state index is 11.1. The molecule has 0 aromatic carbocycles. The standard InChI is InChI=1S/C12H13ClN2O/c1-3-8(2)12-10(7-16)15-6-9(13)4-5-11(15)14-12/h4-8H,3H2,1-2H3. The van der Waals surface area contributed by atoms with Crippen molar-refractivity contribution in [3.8, 4) is 0 Å². The molecule has 1 unspecified atom stereocenters. The highest BCUT2D eigenvalue weighted by Gasteiger charge is 2.16. The highest BCUT2D eigenvalue weighted by molar-refractivity contribution is 6.30. The summed E-state index contributed by atoms with van der Waals surface area (Å²) in [5, 5.41) is 0.601. The summed E-state index contributed by atoms with van der Waals surface area (Å²) >= 11 is 5.91. The number of carbonyl (C=O) groups is 1. The van der Waals surface area contributed by atoms with E-state index < -0.39 is 0 Å². The SMILES string of the molecule is CCC(C)c1nc2ccc(Cl)cn2c1C=O. The van der Waals surface area contributed by atoms with Gasteiger partial charge in [-0.3, -0.25) is 9.20 Å². The van der Waals surface area contributed by atoms with Gasteiger partial charge in [-0.05, 0) is 18.6 Å². The predicted molar refractivity (Wildman–Crippen MR) is 64.3 cm³/mol. The van der Waals surface area contributed by atoms with Crippen LogP contribution in [0, 0.1) is 0 Å². The van der Waals surface area contributed by atoms with Crippen molar-refractivity contribution >= 4 is 23.5 Å². The molecular formula is C12H13ClN2O. The molecule has 16 heavy (non-hydrogen) atoms. The van der Waals surface area contributed by atoms with Crippen LogP contribution in [0.3, 0.4) is 0 Å². The van der Waals surface area contributed by atoms with Crippen molar-refractivity contribution in [3.63, 3.8) is 0 Å². The molecule has 0 radical (unpaired) electrons. The van der Waals surface area contributed by atoms with Crippen LogP contribution in [0.5, 0.6) is 0 Å². The quantitative estimate of drug-likeness (QED) is 0.767. The van der Waals surface area contributed by atoms with Gasteiger partial charge in [-0.15, -0.1) is 0 Å². The lowest BCUT2D eigenvalue weighted by Gasteiger charge is -2.04. The minimum atomic E-state index is 0.277. The van der Waals surface area contributed by atoms with Crippen LogP contribution < -0.4 is 0 Å². The van der Waals surface area contributed by atoms with Crippen LogP contribution in [-0.2, 0) is 0 Å². The summed E-state index contributed by atoms with van der Waals surface area (Å²) in [5.41, 5.74) is 2.22. The normalized spacial score (nSPS) is 12.9. The first-order chi connectivity index (χ1) is 7.67. The van der Waals surface area contributed by atoms with Gasteiger partial charge in [0, 0.05) is 12.1 Å². The van der Waals surface area contributed by atoms with E-state index in [4.69, 9.17) is 11.6 Å². The summed E-state index contributed by atoms with van der Waals surface area (Å²) in [7, 11) is 0. The molecule has 0 fully saturated rings. The molecule has 0 bridgehead atoms. The van der Waals surface area contributed by atoms with E-state index in [1.165, 1.54) is 0 Å². The fourth-order valence-corrected chi connectivity index (χ4v) is 1.89. The molecule has 84 valence electrons.